The van der Waals surface area contributed by atoms with E-state index in [0.717, 1.165) is 23.4 Å². The summed E-state index contributed by atoms with van der Waals surface area (Å²) in [6.07, 6.45) is 1.05. The zero-order valence-corrected chi connectivity index (χ0v) is 10.5. The molecule has 0 saturated heterocycles. The lowest BCUT2D eigenvalue weighted by Crippen LogP contribution is -2.15. The molecule has 0 aliphatic rings. The van der Waals surface area contributed by atoms with Crippen molar-refractivity contribution >= 4 is 11.6 Å². The van der Waals surface area contributed by atoms with Gasteiger partial charge in [-0.1, -0.05) is 17.7 Å². The van der Waals surface area contributed by atoms with Gasteiger partial charge >= 0.3 is 0 Å². The first kappa shape index (κ1) is 13.1. The molecule has 0 atom stereocenters. The van der Waals surface area contributed by atoms with Crippen LogP contribution in [0.2, 0.25) is 0 Å². The van der Waals surface area contributed by atoms with Crippen molar-refractivity contribution in [2.24, 2.45) is 0 Å². The molecule has 0 fully saturated rings. The third-order valence-electron chi connectivity index (χ3n) is 2.72. The SMILES string of the molecule is Cc1ccc(NC(=O)c2ccnc(F)c2F)c(C)c1. The molecule has 2 rings (SSSR count). The molecule has 3 nitrogen and oxygen atoms in total. The summed E-state index contributed by atoms with van der Waals surface area (Å²) < 4.78 is 26.4. The van der Waals surface area contributed by atoms with E-state index in [9.17, 15) is 13.6 Å². The second-order valence-corrected chi connectivity index (χ2v) is 4.24. The van der Waals surface area contributed by atoms with Gasteiger partial charge in [-0.25, -0.2) is 9.37 Å². The fraction of sp³-hybridized carbons (Fsp3) is 0.143. The lowest BCUT2D eigenvalue weighted by atomic mass is 10.1. The second kappa shape index (κ2) is 5.14. The predicted octanol–water partition coefficient (Wildman–Crippen LogP) is 3.23. The van der Waals surface area contributed by atoms with E-state index in [2.05, 4.69) is 10.3 Å². The molecule has 1 aromatic carbocycles. The molecule has 0 spiro atoms. The van der Waals surface area contributed by atoms with Gasteiger partial charge in [0.1, 0.15) is 0 Å². The van der Waals surface area contributed by atoms with E-state index in [0.29, 0.717) is 5.69 Å². The van der Waals surface area contributed by atoms with Gasteiger partial charge in [0.05, 0.1) is 5.56 Å². The molecular formula is C14H12F2N2O. The standard InChI is InChI=1S/C14H12F2N2O/c1-8-3-4-11(9(2)7-8)18-14(19)10-5-6-17-13(16)12(10)15/h3-7H,1-2H3,(H,18,19). The Balaban J connectivity index is 2.28. The van der Waals surface area contributed by atoms with Gasteiger partial charge in [0, 0.05) is 11.9 Å². The van der Waals surface area contributed by atoms with Crippen LogP contribution in [-0.4, -0.2) is 10.9 Å². The van der Waals surface area contributed by atoms with E-state index in [1.165, 1.54) is 0 Å². The van der Waals surface area contributed by atoms with Crippen molar-refractivity contribution in [3.63, 3.8) is 0 Å². The van der Waals surface area contributed by atoms with Gasteiger partial charge in [0.15, 0.2) is 5.82 Å². The molecule has 0 aliphatic carbocycles. The Bertz CT molecular complexity index is 641. The largest absolute Gasteiger partial charge is 0.322 e. The third kappa shape index (κ3) is 2.76. The minimum Gasteiger partial charge on any atom is -0.322 e. The number of nitrogens with one attached hydrogen (secondary N) is 1. The summed E-state index contributed by atoms with van der Waals surface area (Å²) in [5, 5.41) is 2.55. The number of aromatic nitrogens is 1. The van der Waals surface area contributed by atoms with Crippen LogP contribution in [0, 0.1) is 25.6 Å². The molecule has 1 aromatic heterocycles. The Morgan fingerprint density at radius 1 is 1.21 bits per heavy atom. The van der Waals surface area contributed by atoms with Gasteiger partial charge in [-0.2, -0.15) is 4.39 Å². The van der Waals surface area contributed by atoms with Crippen LogP contribution in [0.3, 0.4) is 0 Å². The average molecular weight is 262 g/mol. The molecule has 1 heterocycles. The summed E-state index contributed by atoms with van der Waals surface area (Å²) in [5.41, 5.74) is 2.10. The summed E-state index contributed by atoms with van der Waals surface area (Å²) >= 11 is 0. The summed E-state index contributed by atoms with van der Waals surface area (Å²) in [6, 6.07) is 6.57. The first-order chi connectivity index (χ1) is 8.99. The Morgan fingerprint density at radius 3 is 2.63 bits per heavy atom. The minimum atomic E-state index is -1.28. The fourth-order valence-electron chi connectivity index (χ4n) is 1.74. The number of pyridine rings is 1. The first-order valence-electron chi connectivity index (χ1n) is 5.67. The molecule has 5 heteroatoms. The molecule has 0 radical (unpaired) electrons. The number of anilines is 1. The molecule has 0 bridgehead atoms. The van der Waals surface area contributed by atoms with E-state index in [1.807, 2.05) is 26.0 Å². The highest BCUT2D eigenvalue weighted by Gasteiger charge is 2.16. The lowest BCUT2D eigenvalue weighted by Gasteiger charge is -2.09. The lowest BCUT2D eigenvalue weighted by molar-refractivity contribution is 0.102. The highest BCUT2D eigenvalue weighted by atomic mass is 19.2. The molecular weight excluding hydrogens is 250 g/mol. The van der Waals surface area contributed by atoms with Crippen LogP contribution >= 0.6 is 0 Å². The maximum atomic E-state index is 13.4. The summed E-state index contributed by atoms with van der Waals surface area (Å²) in [4.78, 5) is 15.0. The van der Waals surface area contributed by atoms with Gasteiger partial charge in [0.2, 0.25) is 5.95 Å². The Morgan fingerprint density at radius 2 is 1.95 bits per heavy atom. The summed E-state index contributed by atoms with van der Waals surface area (Å²) in [7, 11) is 0. The van der Waals surface area contributed by atoms with E-state index < -0.39 is 17.7 Å². The van der Waals surface area contributed by atoms with Crippen molar-refractivity contribution in [1.82, 2.24) is 4.98 Å². The number of hydrogen-bond donors (Lipinski definition) is 1. The van der Waals surface area contributed by atoms with Crippen molar-refractivity contribution in [2.75, 3.05) is 5.32 Å². The highest BCUT2D eigenvalue weighted by molar-refractivity contribution is 6.04. The quantitative estimate of drug-likeness (QED) is 0.844. The van der Waals surface area contributed by atoms with Crippen LogP contribution < -0.4 is 5.32 Å². The van der Waals surface area contributed by atoms with Crippen molar-refractivity contribution in [2.45, 2.75) is 13.8 Å². The molecule has 2 aromatic rings. The maximum Gasteiger partial charge on any atom is 0.258 e. The number of benzene rings is 1. The highest BCUT2D eigenvalue weighted by Crippen LogP contribution is 2.18. The van der Waals surface area contributed by atoms with Gasteiger partial charge in [0.25, 0.3) is 5.91 Å². The van der Waals surface area contributed by atoms with E-state index in [4.69, 9.17) is 0 Å². The topological polar surface area (TPSA) is 42.0 Å². The Hall–Kier alpha value is -2.30. The molecule has 0 saturated carbocycles. The number of amides is 1. The van der Waals surface area contributed by atoms with E-state index in [1.54, 1.807) is 6.07 Å². The smallest absolute Gasteiger partial charge is 0.258 e. The first-order valence-corrected chi connectivity index (χ1v) is 5.67. The fourth-order valence-corrected chi connectivity index (χ4v) is 1.74. The van der Waals surface area contributed by atoms with Crippen LogP contribution in [0.5, 0.6) is 0 Å². The van der Waals surface area contributed by atoms with Crippen molar-refractivity contribution in [3.05, 3.63) is 58.9 Å². The van der Waals surface area contributed by atoms with Crippen molar-refractivity contribution in [3.8, 4) is 0 Å². The van der Waals surface area contributed by atoms with Gasteiger partial charge in [-0.3, -0.25) is 4.79 Å². The van der Waals surface area contributed by atoms with Crippen LogP contribution in [0.1, 0.15) is 21.5 Å². The number of halogens is 2. The zero-order valence-electron chi connectivity index (χ0n) is 10.5. The second-order valence-electron chi connectivity index (χ2n) is 4.24. The minimum absolute atomic E-state index is 0.368. The molecule has 0 unspecified atom stereocenters. The van der Waals surface area contributed by atoms with Gasteiger partial charge in [-0.05, 0) is 31.5 Å². The zero-order chi connectivity index (χ0) is 14.0. The Kier molecular flexibility index (Phi) is 3.55. The number of carbonyl (C=O) groups is 1. The molecule has 0 aliphatic heterocycles. The number of carbonyl (C=O) groups excluding carboxylic acids is 1. The summed E-state index contributed by atoms with van der Waals surface area (Å²) in [6.45, 7) is 3.75. The molecule has 19 heavy (non-hydrogen) atoms. The van der Waals surface area contributed by atoms with Gasteiger partial charge in [-0.15, -0.1) is 0 Å². The normalized spacial score (nSPS) is 10.3. The number of aryl methyl sites for hydroxylation is 2. The third-order valence-corrected chi connectivity index (χ3v) is 2.72. The average Bonchev–Trinajstić information content (AvgIpc) is 2.36. The summed E-state index contributed by atoms with van der Waals surface area (Å²) in [5.74, 6) is -3.23. The van der Waals surface area contributed by atoms with Crippen LogP contribution in [0.4, 0.5) is 14.5 Å². The van der Waals surface area contributed by atoms with Crippen LogP contribution in [0.15, 0.2) is 30.5 Å². The predicted molar refractivity (Wildman–Crippen MR) is 68.0 cm³/mol. The molecule has 1 amide bonds. The molecule has 1 N–H and O–H groups in total. The van der Waals surface area contributed by atoms with Crippen molar-refractivity contribution < 1.29 is 13.6 Å². The maximum absolute atomic E-state index is 13.4. The van der Waals surface area contributed by atoms with E-state index in [-0.39, 0.29) is 5.56 Å². The number of rotatable bonds is 2. The Labute approximate surface area is 109 Å². The number of nitrogens with zero attached hydrogens (tertiary/aromatic N) is 1. The van der Waals surface area contributed by atoms with Crippen molar-refractivity contribution in [1.29, 1.82) is 0 Å². The van der Waals surface area contributed by atoms with Crippen LogP contribution in [0.25, 0.3) is 0 Å². The van der Waals surface area contributed by atoms with Crippen LogP contribution in [-0.2, 0) is 0 Å². The number of hydrogen-bond acceptors (Lipinski definition) is 2. The van der Waals surface area contributed by atoms with E-state index >= 15 is 0 Å². The van der Waals surface area contributed by atoms with Gasteiger partial charge < -0.3 is 5.32 Å². The monoisotopic (exact) mass is 262 g/mol. The molecule has 98 valence electrons.